The average Bonchev–Trinajstić information content (AvgIpc) is 2.67. The van der Waals surface area contributed by atoms with E-state index in [1.165, 1.54) is 0 Å². The molecule has 0 amide bonds. The molecule has 2 N–H and O–H groups in total. The van der Waals surface area contributed by atoms with Crippen LogP contribution in [-0.2, 0) is 11.2 Å². The van der Waals surface area contributed by atoms with Crippen molar-refractivity contribution in [1.82, 2.24) is 0 Å². The standard InChI is InChI=1S/C11H12Cl2N2O/c12-9-3-1-2-7(10(9)13)4-5-8-6-16-11(14)15-8/h1-3,8H,4-6H2,(H2,14,15). The van der Waals surface area contributed by atoms with Gasteiger partial charge in [0.15, 0.2) is 0 Å². The minimum Gasteiger partial charge on any atom is -0.463 e. The molecule has 86 valence electrons. The van der Waals surface area contributed by atoms with E-state index < -0.39 is 0 Å². The summed E-state index contributed by atoms with van der Waals surface area (Å²) in [7, 11) is 0. The topological polar surface area (TPSA) is 47.6 Å². The Bertz CT molecular complexity index is 420. The summed E-state index contributed by atoms with van der Waals surface area (Å²) in [5, 5.41) is 1.21. The highest BCUT2D eigenvalue weighted by Crippen LogP contribution is 2.27. The third-order valence-electron chi connectivity index (χ3n) is 2.51. The number of nitrogens with zero attached hydrogens (tertiary/aromatic N) is 1. The molecule has 1 aliphatic rings. The number of halogens is 2. The molecule has 0 saturated carbocycles. The van der Waals surface area contributed by atoms with E-state index in [4.69, 9.17) is 33.7 Å². The summed E-state index contributed by atoms with van der Waals surface area (Å²) in [4.78, 5) is 4.15. The van der Waals surface area contributed by atoms with Gasteiger partial charge in [-0.1, -0.05) is 35.3 Å². The molecular weight excluding hydrogens is 247 g/mol. The molecule has 0 spiro atoms. The summed E-state index contributed by atoms with van der Waals surface area (Å²) in [5.74, 6) is 0. The zero-order valence-electron chi connectivity index (χ0n) is 8.62. The third kappa shape index (κ3) is 2.60. The van der Waals surface area contributed by atoms with Gasteiger partial charge in [-0.25, -0.2) is 4.99 Å². The molecule has 2 rings (SSSR count). The van der Waals surface area contributed by atoms with Gasteiger partial charge in [0.2, 0.25) is 0 Å². The van der Waals surface area contributed by atoms with Crippen LogP contribution in [0.5, 0.6) is 0 Å². The van der Waals surface area contributed by atoms with E-state index in [0.29, 0.717) is 16.7 Å². The lowest BCUT2D eigenvalue weighted by Gasteiger charge is -2.07. The fraction of sp³-hybridized carbons (Fsp3) is 0.364. The van der Waals surface area contributed by atoms with Gasteiger partial charge in [0.05, 0.1) is 16.1 Å². The Balaban J connectivity index is 1.97. The first-order chi connectivity index (χ1) is 7.66. The van der Waals surface area contributed by atoms with Crippen molar-refractivity contribution in [2.75, 3.05) is 6.61 Å². The Morgan fingerprint density at radius 2 is 2.25 bits per heavy atom. The quantitative estimate of drug-likeness (QED) is 0.907. The maximum Gasteiger partial charge on any atom is 0.282 e. The van der Waals surface area contributed by atoms with Crippen molar-refractivity contribution in [2.24, 2.45) is 10.7 Å². The molecule has 16 heavy (non-hydrogen) atoms. The second-order valence-electron chi connectivity index (χ2n) is 3.68. The van der Waals surface area contributed by atoms with Crippen LogP contribution in [0.25, 0.3) is 0 Å². The van der Waals surface area contributed by atoms with Crippen molar-refractivity contribution < 1.29 is 4.74 Å². The number of aryl methyl sites for hydroxylation is 1. The molecule has 0 radical (unpaired) electrons. The zero-order valence-corrected chi connectivity index (χ0v) is 10.1. The second-order valence-corrected chi connectivity index (χ2v) is 4.47. The second kappa shape index (κ2) is 4.93. The normalized spacial score (nSPS) is 19.4. The summed E-state index contributed by atoms with van der Waals surface area (Å²) in [6.07, 6.45) is 1.69. The fourth-order valence-electron chi connectivity index (χ4n) is 1.65. The predicted molar refractivity (Wildman–Crippen MR) is 66.1 cm³/mol. The van der Waals surface area contributed by atoms with Crippen LogP contribution in [0.15, 0.2) is 23.2 Å². The molecule has 0 bridgehead atoms. The largest absolute Gasteiger partial charge is 0.463 e. The van der Waals surface area contributed by atoms with Gasteiger partial charge in [-0.15, -0.1) is 0 Å². The molecule has 1 aliphatic heterocycles. The molecule has 1 aromatic carbocycles. The molecule has 1 heterocycles. The molecule has 1 unspecified atom stereocenters. The molecule has 0 aromatic heterocycles. The van der Waals surface area contributed by atoms with Crippen molar-refractivity contribution in [3.63, 3.8) is 0 Å². The maximum absolute atomic E-state index is 6.08. The molecule has 1 atom stereocenters. The van der Waals surface area contributed by atoms with Crippen molar-refractivity contribution in [3.8, 4) is 0 Å². The van der Waals surface area contributed by atoms with Crippen LogP contribution < -0.4 is 5.73 Å². The van der Waals surface area contributed by atoms with E-state index in [9.17, 15) is 0 Å². The van der Waals surface area contributed by atoms with Gasteiger partial charge < -0.3 is 10.5 Å². The number of hydrogen-bond donors (Lipinski definition) is 1. The van der Waals surface area contributed by atoms with E-state index in [1.807, 2.05) is 12.1 Å². The van der Waals surface area contributed by atoms with Crippen LogP contribution in [-0.4, -0.2) is 18.7 Å². The Labute approximate surface area is 104 Å². The van der Waals surface area contributed by atoms with Gasteiger partial charge in [-0.05, 0) is 24.5 Å². The van der Waals surface area contributed by atoms with Gasteiger partial charge in [-0.3, -0.25) is 0 Å². The number of hydrogen-bond acceptors (Lipinski definition) is 3. The fourth-order valence-corrected chi connectivity index (χ4v) is 2.06. The Morgan fingerprint density at radius 1 is 1.44 bits per heavy atom. The first-order valence-electron chi connectivity index (χ1n) is 5.06. The van der Waals surface area contributed by atoms with Crippen LogP contribution in [0.3, 0.4) is 0 Å². The lowest BCUT2D eigenvalue weighted by molar-refractivity contribution is 0.308. The van der Waals surface area contributed by atoms with Crippen LogP contribution in [0, 0.1) is 0 Å². The number of aliphatic imine (C=N–C) groups is 1. The van der Waals surface area contributed by atoms with Gasteiger partial charge in [0.25, 0.3) is 6.02 Å². The summed E-state index contributed by atoms with van der Waals surface area (Å²) < 4.78 is 5.08. The summed E-state index contributed by atoms with van der Waals surface area (Å²) in [5.41, 5.74) is 6.47. The molecule has 5 heteroatoms. The van der Waals surface area contributed by atoms with E-state index in [0.717, 1.165) is 18.4 Å². The molecule has 3 nitrogen and oxygen atoms in total. The summed E-state index contributed by atoms with van der Waals surface area (Å²) >= 11 is 12.0. The number of rotatable bonds is 3. The van der Waals surface area contributed by atoms with E-state index >= 15 is 0 Å². The van der Waals surface area contributed by atoms with Crippen LogP contribution in [0.1, 0.15) is 12.0 Å². The highest BCUT2D eigenvalue weighted by molar-refractivity contribution is 6.42. The SMILES string of the molecule is NC1=NC(CCc2cccc(Cl)c2Cl)CO1. The Hall–Kier alpha value is -0.930. The predicted octanol–water partition coefficient (Wildman–Crippen LogP) is 2.64. The van der Waals surface area contributed by atoms with E-state index in [2.05, 4.69) is 4.99 Å². The first kappa shape index (κ1) is 11.6. The maximum atomic E-state index is 6.08. The first-order valence-corrected chi connectivity index (χ1v) is 5.81. The molecule has 0 saturated heterocycles. The number of nitrogens with two attached hydrogens (primary N) is 1. The van der Waals surface area contributed by atoms with Gasteiger partial charge in [0, 0.05) is 0 Å². The highest BCUT2D eigenvalue weighted by Gasteiger charge is 2.17. The summed E-state index contributed by atoms with van der Waals surface area (Å²) in [6, 6.07) is 6.06. The molecule has 0 aliphatic carbocycles. The van der Waals surface area contributed by atoms with Gasteiger partial charge >= 0.3 is 0 Å². The Kier molecular flexibility index (Phi) is 3.56. The lowest BCUT2D eigenvalue weighted by atomic mass is 10.1. The number of ether oxygens (including phenoxy) is 1. The Morgan fingerprint density at radius 3 is 2.94 bits per heavy atom. The van der Waals surface area contributed by atoms with E-state index in [1.54, 1.807) is 6.07 Å². The van der Waals surface area contributed by atoms with Crippen molar-refractivity contribution >= 4 is 29.2 Å². The summed E-state index contributed by atoms with van der Waals surface area (Å²) in [6.45, 7) is 0.560. The van der Waals surface area contributed by atoms with Crippen LogP contribution >= 0.6 is 23.2 Å². The van der Waals surface area contributed by atoms with Gasteiger partial charge in [-0.2, -0.15) is 0 Å². The highest BCUT2D eigenvalue weighted by atomic mass is 35.5. The number of amidine groups is 1. The minimum atomic E-state index is 0.134. The van der Waals surface area contributed by atoms with Gasteiger partial charge in [0.1, 0.15) is 6.61 Å². The van der Waals surface area contributed by atoms with E-state index in [-0.39, 0.29) is 12.1 Å². The smallest absolute Gasteiger partial charge is 0.282 e. The minimum absolute atomic E-state index is 0.134. The van der Waals surface area contributed by atoms with Crippen molar-refractivity contribution in [2.45, 2.75) is 18.9 Å². The van der Waals surface area contributed by atoms with Crippen molar-refractivity contribution in [1.29, 1.82) is 0 Å². The molecule has 0 fully saturated rings. The van der Waals surface area contributed by atoms with Crippen LogP contribution in [0.4, 0.5) is 0 Å². The molecular formula is C11H12Cl2N2O. The molecule has 1 aromatic rings. The number of benzene rings is 1. The van der Waals surface area contributed by atoms with Crippen LogP contribution in [0.2, 0.25) is 10.0 Å². The zero-order chi connectivity index (χ0) is 11.5. The third-order valence-corrected chi connectivity index (χ3v) is 3.37. The monoisotopic (exact) mass is 258 g/mol. The lowest BCUT2D eigenvalue weighted by Crippen LogP contribution is -2.10. The van der Waals surface area contributed by atoms with Crippen molar-refractivity contribution in [3.05, 3.63) is 33.8 Å². The average molecular weight is 259 g/mol.